The van der Waals surface area contributed by atoms with Gasteiger partial charge >= 0.3 is 30.0 Å². The standard InChI is InChI=1S/C44H53NO16/c1-23-28(59-39(52)33(49)32(26-14-10-8-11-15-26)45-40(53)56-19-18-55-7)21-44(54)37(60-38(51)27-16-12-9-13-17-27)35-42(6,29(48)20-30-43(35,22-57-30)61-25(3)47)36(50)34(58-24(2)46)31(23)41(44,4)5/h8-17,28-30,32-35,37,48-49,54H,18-22H2,1-7H3,(H,45,53)/t28?,29?,30?,32?,33?,34?,35?,37?,42-,43+,44?/m1/s1. The topological polar surface area (TPSA) is 240 Å². The van der Waals surface area contributed by atoms with E-state index in [1.54, 1.807) is 62.4 Å². The third-order valence-electron chi connectivity index (χ3n) is 13.0. The number of benzene rings is 2. The van der Waals surface area contributed by atoms with E-state index in [0.29, 0.717) is 5.56 Å². The molecule has 0 spiro atoms. The summed E-state index contributed by atoms with van der Waals surface area (Å²) in [5.41, 5.74) is -7.42. The van der Waals surface area contributed by atoms with Crippen molar-refractivity contribution in [2.24, 2.45) is 16.7 Å². The Balaban J connectivity index is 1.52. The number of amides is 1. The number of nitrogens with one attached hydrogen (secondary N) is 1. The molecule has 61 heavy (non-hydrogen) atoms. The number of rotatable bonds is 12. The molecule has 17 nitrogen and oxygen atoms in total. The van der Waals surface area contributed by atoms with E-state index in [1.807, 2.05) is 0 Å². The molecule has 330 valence electrons. The molecule has 0 radical (unpaired) electrons. The van der Waals surface area contributed by atoms with Crippen molar-refractivity contribution in [2.45, 2.75) is 108 Å². The highest BCUT2D eigenvalue weighted by Crippen LogP contribution is 2.64. The quantitative estimate of drug-likeness (QED) is 0.104. The van der Waals surface area contributed by atoms with E-state index < -0.39 is 113 Å². The van der Waals surface area contributed by atoms with Gasteiger partial charge < -0.3 is 53.8 Å². The number of aliphatic hydroxyl groups is 3. The Bertz CT molecular complexity index is 2060. The maximum Gasteiger partial charge on any atom is 0.407 e. The van der Waals surface area contributed by atoms with Gasteiger partial charge in [-0.3, -0.25) is 14.4 Å². The Morgan fingerprint density at radius 3 is 2.13 bits per heavy atom. The monoisotopic (exact) mass is 851 g/mol. The summed E-state index contributed by atoms with van der Waals surface area (Å²) in [5.74, 6) is -6.34. The zero-order chi connectivity index (χ0) is 44.7. The largest absolute Gasteiger partial charge is 0.456 e. The van der Waals surface area contributed by atoms with Crippen LogP contribution < -0.4 is 5.32 Å². The molecule has 6 rings (SSSR count). The Hall–Kier alpha value is -5.20. The van der Waals surface area contributed by atoms with Crippen LogP contribution in [0.15, 0.2) is 71.8 Å². The van der Waals surface area contributed by atoms with Crippen molar-refractivity contribution in [2.75, 3.05) is 26.9 Å². The minimum absolute atomic E-state index is 0.0191. The van der Waals surface area contributed by atoms with Gasteiger partial charge in [0.25, 0.3) is 0 Å². The highest BCUT2D eigenvalue weighted by molar-refractivity contribution is 5.95. The van der Waals surface area contributed by atoms with Crippen molar-refractivity contribution in [1.29, 1.82) is 0 Å². The lowest BCUT2D eigenvalue weighted by Gasteiger charge is -2.67. The van der Waals surface area contributed by atoms with Gasteiger partial charge in [-0.2, -0.15) is 0 Å². The van der Waals surface area contributed by atoms with Crippen molar-refractivity contribution in [3.05, 3.63) is 82.9 Å². The normalized spacial score (nSPS) is 32.2. The summed E-state index contributed by atoms with van der Waals surface area (Å²) in [5, 5.41) is 39.8. The number of ketones is 1. The molecule has 9 unspecified atom stereocenters. The summed E-state index contributed by atoms with van der Waals surface area (Å²) in [6, 6.07) is 14.4. The molecule has 17 heteroatoms. The molecule has 1 amide bonds. The highest BCUT2D eigenvalue weighted by Gasteiger charge is 2.78. The van der Waals surface area contributed by atoms with Crippen LogP contribution in [-0.2, 0) is 52.3 Å². The Morgan fingerprint density at radius 1 is 0.918 bits per heavy atom. The number of carbonyl (C=O) groups is 6. The van der Waals surface area contributed by atoms with Gasteiger partial charge in [-0.05, 0) is 42.7 Å². The van der Waals surface area contributed by atoms with Gasteiger partial charge in [-0.15, -0.1) is 0 Å². The van der Waals surface area contributed by atoms with E-state index in [2.05, 4.69) is 5.32 Å². The maximum atomic E-state index is 15.4. The number of aliphatic hydroxyl groups excluding tert-OH is 2. The average molecular weight is 852 g/mol. The van der Waals surface area contributed by atoms with E-state index in [1.165, 1.54) is 33.1 Å². The molecular weight excluding hydrogens is 798 g/mol. The summed E-state index contributed by atoms with van der Waals surface area (Å²) < 4.78 is 40.2. The molecule has 4 aliphatic rings. The van der Waals surface area contributed by atoms with Crippen LogP contribution in [-0.4, -0.2) is 126 Å². The predicted molar refractivity (Wildman–Crippen MR) is 210 cm³/mol. The molecule has 1 aliphatic heterocycles. The Labute approximate surface area is 352 Å². The fraction of sp³-hybridized carbons (Fsp3) is 0.545. The zero-order valence-corrected chi connectivity index (χ0v) is 35.1. The zero-order valence-electron chi connectivity index (χ0n) is 35.1. The summed E-state index contributed by atoms with van der Waals surface area (Å²) in [6.45, 7) is 7.84. The lowest BCUT2D eigenvalue weighted by molar-refractivity contribution is -0.346. The van der Waals surface area contributed by atoms with Crippen molar-refractivity contribution < 1.29 is 77.2 Å². The molecule has 0 aromatic heterocycles. The van der Waals surface area contributed by atoms with Crippen LogP contribution in [0.4, 0.5) is 4.79 Å². The smallest absolute Gasteiger partial charge is 0.407 e. The van der Waals surface area contributed by atoms with Gasteiger partial charge in [0.05, 0.1) is 42.3 Å². The SMILES string of the molecule is COCCOC(=O)NC(c1ccccc1)C(O)C(=O)OC1CC2(O)C(OC(=O)c3ccccc3)C3[C@]4(OC(C)=O)COC4CC(O)[C@@]3(C)C(=O)C(OC(C)=O)C(=C1C)C2(C)C. The van der Waals surface area contributed by atoms with E-state index in [0.717, 1.165) is 13.8 Å². The molecule has 1 saturated heterocycles. The highest BCUT2D eigenvalue weighted by atomic mass is 16.6. The average Bonchev–Trinajstić information content (AvgIpc) is 3.21. The lowest BCUT2D eigenvalue weighted by Crippen LogP contribution is -2.82. The molecule has 3 aliphatic carbocycles. The first kappa shape index (κ1) is 45.3. The van der Waals surface area contributed by atoms with Crippen LogP contribution in [0.1, 0.15) is 76.3 Å². The number of hydrogen-bond acceptors (Lipinski definition) is 16. The van der Waals surface area contributed by atoms with Gasteiger partial charge in [0.1, 0.15) is 30.5 Å². The molecule has 11 atom stereocenters. The maximum absolute atomic E-state index is 15.4. The second-order valence-corrected chi connectivity index (χ2v) is 16.8. The van der Waals surface area contributed by atoms with Crippen molar-refractivity contribution in [3.8, 4) is 0 Å². The summed E-state index contributed by atoms with van der Waals surface area (Å²) in [4.78, 5) is 82.6. The molecule has 1 heterocycles. The minimum atomic E-state index is -2.40. The molecule has 2 bridgehead atoms. The number of fused-ring (bicyclic) bond motifs is 5. The van der Waals surface area contributed by atoms with Crippen LogP contribution >= 0.6 is 0 Å². The fourth-order valence-corrected chi connectivity index (χ4v) is 9.75. The fourth-order valence-electron chi connectivity index (χ4n) is 9.75. The summed E-state index contributed by atoms with van der Waals surface area (Å²) in [6.07, 6.45) is -11.6. The first-order valence-corrected chi connectivity index (χ1v) is 20.0. The van der Waals surface area contributed by atoms with Crippen LogP contribution in [0.3, 0.4) is 0 Å². The third-order valence-corrected chi connectivity index (χ3v) is 13.0. The number of Topliss-reactive ketones (excluding diaryl/α,β-unsaturated/α-hetero) is 1. The molecule has 2 saturated carbocycles. The summed E-state index contributed by atoms with van der Waals surface area (Å²) >= 11 is 0. The number of methoxy groups -OCH3 is 1. The van der Waals surface area contributed by atoms with Gasteiger partial charge in [-0.1, -0.05) is 62.4 Å². The Morgan fingerprint density at radius 2 is 1.56 bits per heavy atom. The van der Waals surface area contributed by atoms with Crippen molar-refractivity contribution >= 4 is 35.8 Å². The van der Waals surface area contributed by atoms with E-state index in [9.17, 15) is 39.3 Å². The number of esters is 4. The molecule has 2 aromatic carbocycles. The second-order valence-electron chi connectivity index (χ2n) is 16.8. The van der Waals surface area contributed by atoms with E-state index >= 15 is 4.79 Å². The molecular formula is C44H53NO16. The summed E-state index contributed by atoms with van der Waals surface area (Å²) in [7, 11) is 1.42. The van der Waals surface area contributed by atoms with Gasteiger partial charge in [0.2, 0.25) is 0 Å². The molecule has 4 N–H and O–H groups in total. The number of ether oxygens (including phenoxy) is 7. The number of alkyl carbamates (subject to hydrolysis) is 1. The minimum Gasteiger partial charge on any atom is -0.456 e. The third kappa shape index (κ3) is 7.93. The number of carbonyl (C=O) groups excluding carboxylic acids is 6. The first-order valence-electron chi connectivity index (χ1n) is 20.0. The first-order chi connectivity index (χ1) is 28.7. The van der Waals surface area contributed by atoms with E-state index in [-0.39, 0.29) is 43.0 Å². The van der Waals surface area contributed by atoms with Crippen LogP contribution in [0.2, 0.25) is 0 Å². The van der Waals surface area contributed by atoms with Crippen LogP contribution in [0, 0.1) is 16.7 Å². The molecule has 3 fully saturated rings. The van der Waals surface area contributed by atoms with Gasteiger partial charge in [0.15, 0.2) is 23.6 Å². The van der Waals surface area contributed by atoms with Gasteiger partial charge in [0, 0.05) is 39.2 Å². The molecule has 2 aromatic rings. The van der Waals surface area contributed by atoms with E-state index in [4.69, 9.17) is 33.2 Å². The lowest BCUT2D eigenvalue weighted by atomic mass is 9.44. The van der Waals surface area contributed by atoms with Gasteiger partial charge in [-0.25, -0.2) is 14.4 Å². The van der Waals surface area contributed by atoms with Crippen molar-refractivity contribution in [1.82, 2.24) is 5.32 Å². The Kier molecular flexibility index (Phi) is 12.8. The van der Waals surface area contributed by atoms with Crippen LogP contribution in [0.5, 0.6) is 0 Å². The second kappa shape index (κ2) is 17.3. The van der Waals surface area contributed by atoms with Crippen molar-refractivity contribution in [3.63, 3.8) is 0 Å². The predicted octanol–water partition coefficient (Wildman–Crippen LogP) is 2.68. The van der Waals surface area contributed by atoms with Crippen LogP contribution in [0.25, 0.3) is 0 Å². The number of hydrogen-bond donors (Lipinski definition) is 4.